The number of methoxy groups -OCH3 is 1. The fraction of sp³-hybridized carbons (Fsp3) is 0.400. The summed E-state index contributed by atoms with van der Waals surface area (Å²) in [6.45, 7) is 5.70. The minimum absolute atomic E-state index is 0.0252. The molecule has 1 aliphatic rings. The van der Waals surface area contributed by atoms with Crippen molar-refractivity contribution in [3.8, 4) is 17.4 Å². The molecule has 27 heavy (non-hydrogen) atoms. The highest BCUT2D eigenvalue weighted by Gasteiger charge is 2.24. The quantitative estimate of drug-likeness (QED) is 0.843. The standard InChI is InChI=1S/C20H26N4O3/c1-15(24-11-9-23(2)10-12-24)20(25)22-16-7-8-19(21-14-16)27-18-6-4-5-17(13-18)26-3/h4-8,13-15H,9-12H2,1-3H3,(H,22,25). The number of carbonyl (C=O) groups is 1. The van der Waals surface area contributed by atoms with Crippen LogP contribution in [0.15, 0.2) is 42.6 Å². The fourth-order valence-electron chi connectivity index (χ4n) is 2.92. The number of aromatic nitrogens is 1. The van der Waals surface area contributed by atoms with Gasteiger partial charge in [0.1, 0.15) is 11.5 Å². The molecule has 3 rings (SSSR count). The van der Waals surface area contributed by atoms with E-state index in [1.54, 1.807) is 31.5 Å². The molecule has 0 aliphatic carbocycles. The van der Waals surface area contributed by atoms with Gasteiger partial charge in [-0.15, -0.1) is 0 Å². The van der Waals surface area contributed by atoms with Crippen molar-refractivity contribution in [2.24, 2.45) is 0 Å². The van der Waals surface area contributed by atoms with Crippen LogP contribution >= 0.6 is 0 Å². The van der Waals surface area contributed by atoms with Crippen LogP contribution in [0.2, 0.25) is 0 Å². The molecule has 0 saturated carbocycles. The first-order valence-corrected chi connectivity index (χ1v) is 9.06. The summed E-state index contributed by atoms with van der Waals surface area (Å²) in [6, 6.07) is 10.7. The smallest absolute Gasteiger partial charge is 0.241 e. The number of pyridine rings is 1. The van der Waals surface area contributed by atoms with E-state index in [9.17, 15) is 4.79 Å². The first-order chi connectivity index (χ1) is 13.0. The topological polar surface area (TPSA) is 66.9 Å². The molecule has 0 spiro atoms. The van der Waals surface area contributed by atoms with Gasteiger partial charge >= 0.3 is 0 Å². The van der Waals surface area contributed by atoms with E-state index >= 15 is 0 Å². The van der Waals surface area contributed by atoms with Crippen LogP contribution in [-0.2, 0) is 4.79 Å². The Hall–Kier alpha value is -2.64. The van der Waals surface area contributed by atoms with Crippen LogP contribution in [0, 0.1) is 0 Å². The van der Waals surface area contributed by atoms with Gasteiger partial charge in [0.2, 0.25) is 11.8 Å². The minimum Gasteiger partial charge on any atom is -0.497 e. The highest BCUT2D eigenvalue weighted by atomic mass is 16.5. The van der Waals surface area contributed by atoms with Crippen LogP contribution < -0.4 is 14.8 Å². The highest BCUT2D eigenvalue weighted by molar-refractivity contribution is 5.94. The second-order valence-electron chi connectivity index (χ2n) is 6.67. The first kappa shape index (κ1) is 19.1. The van der Waals surface area contributed by atoms with Gasteiger partial charge in [0.05, 0.1) is 25.0 Å². The summed E-state index contributed by atoms with van der Waals surface area (Å²) in [7, 11) is 3.71. The Morgan fingerprint density at radius 2 is 1.89 bits per heavy atom. The van der Waals surface area contributed by atoms with Crippen molar-refractivity contribution < 1.29 is 14.3 Å². The van der Waals surface area contributed by atoms with Crippen molar-refractivity contribution in [3.05, 3.63) is 42.6 Å². The molecule has 1 unspecified atom stereocenters. The zero-order valence-electron chi connectivity index (χ0n) is 16.0. The Morgan fingerprint density at radius 1 is 1.15 bits per heavy atom. The van der Waals surface area contributed by atoms with Crippen molar-refractivity contribution in [2.75, 3.05) is 45.7 Å². The van der Waals surface area contributed by atoms with Gasteiger partial charge in [-0.3, -0.25) is 9.69 Å². The summed E-state index contributed by atoms with van der Waals surface area (Å²) in [5.74, 6) is 1.78. The monoisotopic (exact) mass is 370 g/mol. The Morgan fingerprint density at radius 3 is 2.56 bits per heavy atom. The highest BCUT2D eigenvalue weighted by Crippen LogP contribution is 2.24. The molecule has 1 atom stereocenters. The van der Waals surface area contributed by atoms with Crippen LogP contribution in [0.4, 0.5) is 5.69 Å². The number of nitrogens with one attached hydrogen (secondary N) is 1. The van der Waals surface area contributed by atoms with E-state index in [2.05, 4.69) is 27.1 Å². The predicted molar refractivity (Wildman–Crippen MR) is 104 cm³/mol. The van der Waals surface area contributed by atoms with Gasteiger partial charge in [0.25, 0.3) is 0 Å². The molecule has 1 aromatic heterocycles. The fourth-order valence-corrected chi connectivity index (χ4v) is 2.92. The Labute approximate surface area is 159 Å². The second-order valence-corrected chi connectivity index (χ2v) is 6.67. The molecule has 1 fully saturated rings. The number of carbonyl (C=O) groups excluding carboxylic acids is 1. The summed E-state index contributed by atoms with van der Waals surface area (Å²) in [5.41, 5.74) is 0.652. The third kappa shape index (κ3) is 5.18. The maximum atomic E-state index is 12.5. The lowest BCUT2D eigenvalue weighted by molar-refractivity contribution is -0.121. The van der Waals surface area contributed by atoms with E-state index < -0.39 is 0 Å². The van der Waals surface area contributed by atoms with Gasteiger partial charge in [0.15, 0.2) is 0 Å². The van der Waals surface area contributed by atoms with E-state index in [4.69, 9.17) is 9.47 Å². The van der Waals surface area contributed by atoms with Gasteiger partial charge in [-0.05, 0) is 32.2 Å². The third-order valence-electron chi connectivity index (χ3n) is 4.73. The zero-order chi connectivity index (χ0) is 19.2. The molecule has 1 aromatic carbocycles. The second kappa shape index (κ2) is 8.83. The van der Waals surface area contributed by atoms with Gasteiger partial charge < -0.3 is 19.7 Å². The molecule has 2 heterocycles. The number of hydrogen-bond acceptors (Lipinski definition) is 6. The minimum atomic E-state index is -0.175. The van der Waals surface area contributed by atoms with Crippen LogP contribution in [0.1, 0.15) is 6.92 Å². The number of benzene rings is 1. The lowest BCUT2D eigenvalue weighted by Gasteiger charge is -2.35. The number of nitrogens with zero attached hydrogens (tertiary/aromatic N) is 3. The van der Waals surface area contributed by atoms with Gasteiger partial charge in [-0.2, -0.15) is 0 Å². The predicted octanol–water partition coefficient (Wildman–Crippen LogP) is 2.46. The normalized spacial score (nSPS) is 16.6. The van der Waals surface area contributed by atoms with Crippen molar-refractivity contribution >= 4 is 11.6 Å². The number of rotatable bonds is 6. The van der Waals surface area contributed by atoms with Crippen molar-refractivity contribution in [1.82, 2.24) is 14.8 Å². The van der Waals surface area contributed by atoms with E-state index in [0.717, 1.165) is 26.2 Å². The number of amides is 1. The number of piperazine rings is 1. The van der Waals surface area contributed by atoms with Gasteiger partial charge in [-0.1, -0.05) is 6.07 Å². The molecule has 1 N–H and O–H groups in total. The molecule has 1 saturated heterocycles. The van der Waals surface area contributed by atoms with E-state index in [-0.39, 0.29) is 11.9 Å². The Balaban J connectivity index is 1.56. The third-order valence-corrected chi connectivity index (χ3v) is 4.73. The maximum absolute atomic E-state index is 12.5. The number of likely N-dealkylation sites (N-methyl/N-ethyl adjacent to an activating group) is 1. The molecule has 0 bridgehead atoms. The molecular weight excluding hydrogens is 344 g/mol. The van der Waals surface area contributed by atoms with Gasteiger partial charge in [0, 0.05) is 38.3 Å². The Bertz CT molecular complexity index is 758. The molecule has 1 aliphatic heterocycles. The molecule has 2 aromatic rings. The van der Waals surface area contributed by atoms with Crippen LogP contribution in [0.3, 0.4) is 0 Å². The van der Waals surface area contributed by atoms with Crippen molar-refractivity contribution in [3.63, 3.8) is 0 Å². The SMILES string of the molecule is COc1cccc(Oc2ccc(NC(=O)C(C)N3CCN(C)CC3)cn2)c1. The summed E-state index contributed by atoms with van der Waals surface area (Å²) in [4.78, 5) is 21.2. The molecule has 0 radical (unpaired) electrons. The summed E-state index contributed by atoms with van der Waals surface area (Å²) >= 11 is 0. The van der Waals surface area contributed by atoms with Crippen molar-refractivity contribution in [1.29, 1.82) is 0 Å². The van der Waals surface area contributed by atoms with Crippen LogP contribution in [0.25, 0.3) is 0 Å². The lowest BCUT2D eigenvalue weighted by Crippen LogP contribution is -2.51. The number of hydrogen-bond donors (Lipinski definition) is 1. The van der Waals surface area contributed by atoms with Crippen molar-refractivity contribution in [2.45, 2.75) is 13.0 Å². The molecule has 144 valence electrons. The molecule has 7 nitrogen and oxygen atoms in total. The first-order valence-electron chi connectivity index (χ1n) is 9.06. The van der Waals surface area contributed by atoms with E-state index in [1.807, 2.05) is 25.1 Å². The van der Waals surface area contributed by atoms with Gasteiger partial charge in [-0.25, -0.2) is 4.98 Å². The molecular formula is C20H26N4O3. The summed E-state index contributed by atoms with van der Waals surface area (Å²) < 4.78 is 10.9. The Kier molecular flexibility index (Phi) is 6.26. The maximum Gasteiger partial charge on any atom is 0.241 e. The summed E-state index contributed by atoms with van der Waals surface area (Å²) in [6.07, 6.45) is 1.60. The molecule has 7 heteroatoms. The average molecular weight is 370 g/mol. The molecule has 1 amide bonds. The van der Waals surface area contributed by atoms with E-state index in [1.165, 1.54) is 0 Å². The summed E-state index contributed by atoms with van der Waals surface area (Å²) in [5, 5.41) is 2.93. The number of anilines is 1. The van der Waals surface area contributed by atoms with Crippen LogP contribution in [0.5, 0.6) is 17.4 Å². The lowest BCUT2D eigenvalue weighted by atomic mass is 10.2. The average Bonchev–Trinajstić information content (AvgIpc) is 2.69. The zero-order valence-corrected chi connectivity index (χ0v) is 16.0. The number of ether oxygens (including phenoxy) is 2. The largest absolute Gasteiger partial charge is 0.497 e. The van der Waals surface area contributed by atoms with E-state index in [0.29, 0.717) is 23.1 Å². The van der Waals surface area contributed by atoms with Crippen LogP contribution in [-0.4, -0.2) is 67.1 Å².